The molecule has 108 valence electrons. The molecule has 18 heavy (non-hydrogen) atoms. The third-order valence-electron chi connectivity index (χ3n) is 2.34. The maximum absolute atomic E-state index is 11.5. The molecule has 0 fully saturated rings. The molecule has 0 aromatic carbocycles. The van der Waals surface area contributed by atoms with Crippen molar-refractivity contribution >= 4 is 15.9 Å². The number of hydrogen-bond donors (Lipinski definition) is 2. The van der Waals surface area contributed by atoms with Crippen molar-refractivity contribution in [2.75, 3.05) is 18.9 Å². The van der Waals surface area contributed by atoms with E-state index in [1.54, 1.807) is 6.92 Å². The summed E-state index contributed by atoms with van der Waals surface area (Å²) in [5.41, 5.74) is 0. The van der Waals surface area contributed by atoms with E-state index in [9.17, 15) is 13.2 Å². The van der Waals surface area contributed by atoms with E-state index in [1.165, 1.54) is 0 Å². The van der Waals surface area contributed by atoms with Crippen LogP contribution in [-0.4, -0.2) is 39.3 Å². The smallest absolute Gasteiger partial charge is 0.248 e. The predicted octanol–water partition coefficient (Wildman–Crippen LogP) is 0.232. The molecule has 1 atom stereocenters. The summed E-state index contributed by atoms with van der Waals surface area (Å²) in [5, 5.41) is 7.45. The summed E-state index contributed by atoms with van der Waals surface area (Å²) < 4.78 is 26.7. The fourth-order valence-electron chi connectivity index (χ4n) is 1.18. The Bertz CT molecular complexity index is 341. The van der Waals surface area contributed by atoms with E-state index in [4.69, 9.17) is 9.88 Å². The molecule has 3 N–H and O–H groups in total. The Morgan fingerprint density at radius 3 is 2.44 bits per heavy atom. The number of primary sulfonamides is 1. The molecule has 0 bridgehead atoms. The van der Waals surface area contributed by atoms with E-state index in [-0.39, 0.29) is 18.2 Å². The summed E-state index contributed by atoms with van der Waals surface area (Å²) in [6.07, 6.45) is 0.699. The summed E-state index contributed by atoms with van der Waals surface area (Å²) in [5.74, 6) is 0.179. The first-order chi connectivity index (χ1) is 8.22. The van der Waals surface area contributed by atoms with Crippen molar-refractivity contribution < 1.29 is 17.9 Å². The molecule has 0 spiro atoms. The van der Waals surface area contributed by atoms with Gasteiger partial charge in [0.05, 0.1) is 5.75 Å². The topological polar surface area (TPSA) is 98.5 Å². The second-order valence-corrected chi connectivity index (χ2v) is 6.44. The quantitative estimate of drug-likeness (QED) is 0.591. The third-order valence-corrected chi connectivity index (χ3v) is 3.19. The van der Waals surface area contributed by atoms with Crippen molar-refractivity contribution in [3.05, 3.63) is 0 Å². The lowest BCUT2D eigenvalue weighted by Gasteiger charge is -2.14. The number of ether oxygens (including phenoxy) is 1. The van der Waals surface area contributed by atoms with Crippen LogP contribution in [0.5, 0.6) is 0 Å². The number of nitrogens with one attached hydrogen (secondary N) is 1. The zero-order valence-corrected chi connectivity index (χ0v) is 12.1. The normalized spacial score (nSPS) is 13.6. The summed E-state index contributed by atoms with van der Waals surface area (Å²) in [6.45, 7) is 6.68. The summed E-state index contributed by atoms with van der Waals surface area (Å²) in [4.78, 5) is 11.5. The largest absolute Gasteiger partial charge is 0.369 e. The second-order valence-electron chi connectivity index (χ2n) is 4.71. The van der Waals surface area contributed by atoms with E-state index in [2.05, 4.69) is 19.2 Å². The maximum Gasteiger partial charge on any atom is 0.248 e. The van der Waals surface area contributed by atoms with Gasteiger partial charge in [-0.05, 0) is 25.7 Å². The Morgan fingerprint density at radius 2 is 1.94 bits per heavy atom. The van der Waals surface area contributed by atoms with Crippen molar-refractivity contribution in [2.45, 2.75) is 39.7 Å². The molecule has 0 saturated heterocycles. The molecule has 0 heterocycles. The summed E-state index contributed by atoms with van der Waals surface area (Å²) >= 11 is 0. The van der Waals surface area contributed by atoms with E-state index in [1.807, 2.05) is 0 Å². The number of sulfonamides is 1. The van der Waals surface area contributed by atoms with Gasteiger partial charge in [-0.2, -0.15) is 0 Å². The molecule has 0 aliphatic carbocycles. The van der Waals surface area contributed by atoms with E-state index >= 15 is 0 Å². The van der Waals surface area contributed by atoms with Crippen molar-refractivity contribution in [3.63, 3.8) is 0 Å². The second kappa shape index (κ2) is 8.44. The van der Waals surface area contributed by atoms with E-state index in [0.29, 0.717) is 18.9 Å². The van der Waals surface area contributed by atoms with Crippen LogP contribution in [-0.2, 0) is 19.6 Å². The van der Waals surface area contributed by atoms with Crippen LogP contribution in [0.25, 0.3) is 0 Å². The van der Waals surface area contributed by atoms with Gasteiger partial charge in [0, 0.05) is 13.2 Å². The minimum atomic E-state index is -3.45. The Labute approximate surface area is 109 Å². The lowest BCUT2D eigenvalue weighted by atomic mass is 10.1. The highest BCUT2D eigenvalue weighted by atomic mass is 32.2. The molecule has 0 rings (SSSR count). The van der Waals surface area contributed by atoms with Crippen LogP contribution in [0.3, 0.4) is 0 Å². The number of carbonyl (C=O) groups is 1. The predicted molar refractivity (Wildman–Crippen MR) is 70.5 cm³/mol. The molecule has 7 heteroatoms. The summed E-state index contributed by atoms with van der Waals surface area (Å²) in [7, 11) is -3.45. The molecule has 0 aliphatic heterocycles. The van der Waals surface area contributed by atoms with Crippen molar-refractivity contribution in [2.24, 2.45) is 11.1 Å². The molecule has 0 aromatic heterocycles. The average Bonchev–Trinajstić information content (AvgIpc) is 2.22. The van der Waals surface area contributed by atoms with Crippen LogP contribution in [0, 0.1) is 5.92 Å². The van der Waals surface area contributed by atoms with Crippen LogP contribution in [0.1, 0.15) is 33.6 Å². The zero-order valence-electron chi connectivity index (χ0n) is 11.3. The molecule has 1 amide bonds. The van der Waals surface area contributed by atoms with E-state index in [0.717, 1.165) is 6.42 Å². The van der Waals surface area contributed by atoms with E-state index < -0.39 is 16.1 Å². The Morgan fingerprint density at radius 1 is 1.33 bits per heavy atom. The Hall–Kier alpha value is -0.660. The zero-order chi connectivity index (χ0) is 14.2. The van der Waals surface area contributed by atoms with Crippen LogP contribution < -0.4 is 10.5 Å². The van der Waals surface area contributed by atoms with Crippen LogP contribution >= 0.6 is 0 Å². The molecule has 0 saturated carbocycles. The monoisotopic (exact) mass is 280 g/mol. The first kappa shape index (κ1) is 17.3. The summed E-state index contributed by atoms with van der Waals surface area (Å²) in [6, 6.07) is 0. The van der Waals surface area contributed by atoms with Crippen LogP contribution in [0.4, 0.5) is 0 Å². The SMILES string of the molecule is CC(C)CCOC(C)C(=O)NCCCS(N)(=O)=O. The Kier molecular flexibility index (Phi) is 8.13. The minimum absolute atomic E-state index is 0.129. The lowest BCUT2D eigenvalue weighted by molar-refractivity contribution is -0.131. The third kappa shape index (κ3) is 10.5. The number of amides is 1. The molecule has 6 nitrogen and oxygen atoms in total. The highest BCUT2D eigenvalue weighted by molar-refractivity contribution is 7.89. The highest BCUT2D eigenvalue weighted by Crippen LogP contribution is 2.01. The van der Waals surface area contributed by atoms with Gasteiger partial charge in [-0.25, -0.2) is 13.6 Å². The van der Waals surface area contributed by atoms with Crippen LogP contribution in [0.15, 0.2) is 0 Å². The highest BCUT2D eigenvalue weighted by Gasteiger charge is 2.13. The van der Waals surface area contributed by atoms with Gasteiger partial charge >= 0.3 is 0 Å². The van der Waals surface area contributed by atoms with Crippen molar-refractivity contribution in [1.29, 1.82) is 0 Å². The lowest BCUT2D eigenvalue weighted by Crippen LogP contribution is -2.36. The standard InChI is InChI=1S/C11H24N2O4S/c1-9(2)5-7-17-10(3)11(14)13-6-4-8-18(12,15)16/h9-10H,4-8H2,1-3H3,(H,13,14)(H2,12,15,16). The average molecular weight is 280 g/mol. The fourth-order valence-corrected chi connectivity index (χ4v) is 1.73. The van der Waals surface area contributed by atoms with Gasteiger partial charge in [0.1, 0.15) is 6.10 Å². The maximum atomic E-state index is 11.5. The van der Waals surface area contributed by atoms with Gasteiger partial charge < -0.3 is 10.1 Å². The molecular weight excluding hydrogens is 256 g/mol. The van der Waals surface area contributed by atoms with Crippen LogP contribution in [0.2, 0.25) is 0 Å². The van der Waals surface area contributed by atoms with Crippen molar-refractivity contribution in [3.8, 4) is 0 Å². The minimum Gasteiger partial charge on any atom is -0.369 e. The number of rotatable bonds is 9. The van der Waals surface area contributed by atoms with Gasteiger partial charge in [0.2, 0.25) is 15.9 Å². The molecule has 0 aromatic rings. The first-order valence-electron chi connectivity index (χ1n) is 6.12. The first-order valence-corrected chi connectivity index (χ1v) is 7.83. The Balaban J connectivity index is 3.68. The molecule has 0 radical (unpaired) electrons. The van der Waals surface area contributed by atoms with Gasteiger partial charge in [-0.1, -0.05) is 13.8 Å². The molecular formula is C11H24N2O4S. The van der Waals surface area contributed by atoms with Gasteiger partial charge in [0.15, 0.2) is 0 Å². The fraction of sp³-hybridized carbons (Fsp3) is 0.909. The number of carbonyl (C=O) groups excluding carboxylic acids is 1. The van der Waals surface area contributed by atoms with Gasteiger partial charge in [-0.15, -0.1) is 0 Å². The molecule has 1 unspecified atom stereocenters. The number of nitrogens with two attached hydrogens (primary N) is 1. The van der Waals surface area contributed by atoms with Crippen molar-refractivity contribution in [1.82, 2.24) is 5.32 Å². The van der Waals surface area contributed by atoms with Gasteiger partial charge in [-0.3, -0.25) is 4.79 Å². The van der Waals surface area contributed by atoms with Gasteiger partial charge in [0.25, 0.3) is 0 Å². The molecule has 0 aliphatic rings. The number of hydrogen-bond acceptors (Lipinski definition) is 4.